The van der Waals surface area contributed by atoms with Gasteiger partial charge in [-0.05, 0) is 56.2 Å². The van der Waals surface area contributed by atoms with Crippen molar-refractivity contribution in [3.63, 3.8) is 0 Å². The van der Waals surface area contributed by atoms with Crippen LogP contribution in [0.5, 0.6) is 0 Å². The lowest BCUT2D eigenvalue weighted by molar-refractivity contribution is -0.105. The van der Waals surface area contributed by atoms with E-state index in [1.54, 1.807) is 53.0 Å². The number of pyridine rings is 1. The number of amides is 1. The van der Waals surface area contributed by atoms with Crippen LogP contribution >= 0.6 is 11.3 Å². The van der Waals surface area contributed by atoms with Crippen molar-refractivity contribution in [2.45, 2.75) is 39.7 Å². The van der Waals surface area contributed by atoms with Crippen molar-refractivity contribution < 1.29 is 28.9 Å². The zero-order valence-electron chi connectivity index (χ0n) is 23.0. The maximum atomic E-state index is 11.2. The third-order valence-corrected chi connectivity index (χ3v) is 6.00. The Morgan fingerprint density at radius 3 is 2.47 bits per heavy atom. The Hall–Kier alpha value is -3.60. The monoisotopic (exact) mass is 543 g/mol. The van der Waals surface area contributed by atoms with Crippen molar-refractivity contribution in [3.05, 3.63) is 65.7 Å². The summed E-state index contributed by atoms with van der Waals surface area (Å²) in [6, 6.07) is 6.41. The molecule has 0 aliphatic heterocycles. The summed E-state index contributed by atoms with van der Waals surface area (Å²) in [5.74, 6) is -0.148. The second-order valence-corrected chi connectivity index (χ2v) is 8.74. The van der Waals surface area contributed by atoms with Gasteiger partial charge in [-0.25, -0.2) is 9.78 Å². The number of ether oxygens (including phenoxy) is 3. The number of nitrogens with zero attached hydrogens (tertiary/aromatic N) is 2. The van der Waals surface area contributed by atoms with Crippen LogP contribution in [0.4, 0.5) is 5.69 Å². The number of carbonyl (C=O) groups is 2. The highest BCUT2D eigenvalue weighted by Crippen LogP contribution is 2.31. The van der Waals surface area contributed by atoms with E-state index in [4.69, 9.17) is 14.6 Å². The molecule has 0 saturated carbocycles. The fourth-order valence-electron chi connectivity index (χ4n) is 3.24. The first-order valence-corrected chi connectivity index (χ1v) is 12.8. The van der Waals surface area contributed by atoms with Gasteiger partial charge >= 0.3 is 5.97 Å². The second kappa shape index (κ2) is 17.8. The molecule has 10 heteroatoms. The maximum absolute atomic E-state index is 11.2. The number of methoxy groups -OCH3 is 3. The molecule has 1 atom stereocenters. The highest BCUT2D eigenvalue weighted by atomic mass is 32.1. The van der Waals surface area contributed by atoms with Crippen LogP contribution < -0.4 is 5.32 Å². The number of allylic oxidation sites excluding steroid dienone is 2. The summed E-state index contributed by atoms with van der Waals surface area (Å²) in [5.41, 5.74) is 3.30. The Labute approximate surface area is 228 Å². The van der Waals surface area contributed by atoms with Crippen LogP contribution in [0.15, 0.2) is 60.1 Å². The van der Waals surface area contributed by atoms with Gasteiger partial charge in [0.25, 0.3) is 0 Å². The van der Waals surface area contributed by atoms with Crippen LogP contribution in [0, 0.1) is 0 Å². The van der Waals surface area contributed by atoms with E-state index in [2.05, 4.69) is 33.0 Å². The molecule has 1 aromatic carbocycles. The van der Waals surface area contributed by atoms with E-state index in [1.165, 1.54) is 29.0 Å². The van der Waals surface area contributed by atoms with Crippen LogP contribution in [0.25, 0.3) is 20.8 Å². The van der Waals surface area contributed by atoms with Crippen LogP contribution in [0.1, 0.15) is 44.0 Å². The normalized spacial score (nSPS) is 14.0. The van der Waals surface area contributed by atoms with Gasteiger partial charge in [-0.3, -0.25) is 9.78 Å². The second-order valence-electron chi connectivity index (χ2n) is 7.71. The Morgan fingerprint density at radius 1 is 1.18 bits per heavy atom. The van der Waals surface area contributed by atoms with Gasteiger partial charge in [0.05, 0.1) is 29.0 Å². The summed E-state index contributed by atoms with van der Waals surface area (Å²) in [7, 11) is 6.67. The number of nitrogens with one attached hydrogen (secondary N) is 1. The number of carbonyl (C=O) groups excluding carboxylic acids is 1. The van der Waals surface area contributed by atoms with E-state index in [0.29, 0.717) is 22.7 Å². The molecule has 0 bridgehead atoms. The standard InChI is InChI=1S/C14H9N3O3S.C10H16O2.C2H6O.C2H6/c18-7-16-10-4-8(3-9(5-10)14(19)20)13-17-11-1-2-15-6-12(11)21-13;1-8-4-5-9(11-2)7-10(6-8)12-3;1-3-2;1-2/h1-7H,(H,16,18)(H,19,20);6-7,9H,4-5H2,1-3H3;1-2H3;1-2H3. The fourth-order valence-corrected chi connectivity index (χ4v) is 4.16. The van der Waals surface area contributed by atoms with Crippen LogP contribution in [0.3, 0.4) is 0 Å². The van der Waals surface area contributed by atoms with Gasteiger partial charge < -0.3 is 24.6 Å². The first-order chi connectivity index (χ1) is 18.3. The van der Waals surface area contributed by atoms with E-state index in [1.807, 2.05) is 19.9 Å². The minimum atomic E-state index is -1.06. The Morgan fingerprint density at radius 2 is 1.89 bits per heavy atom. The highest BCUT2D eigenvalue weighted by Gasteiger charge is 2.12. The summed E-state index contributed by atoms with van der Waals surface area (Å²) < 4.78 is 15.6. The maximum Gasteiger partial charge on any atom is 0.335 e. The molecule has 4 rings (SSSR count). The summed E-state index contributed by atoms with van der Waals surface area (Å²) in [6.07, 6.45) is 10.3. The van der Waals surface area contributed by atoms with E-state index in [9.17, 15) is 9.59 Å². The van der Waals surface area contributed by atoms with Crippen LogP contribution in [-0.4, -0.2) is 62.0 Å². The van der Waals surface area contributed by atoms with Crippen molar-refractivity contribution in [1.29, 1.82) is 0 Å². The van der Waals surface area contributed by atoms with Crippen molar-refractivity contribution in [1.82, 2.24) is 9.97 Å². The third-order valence-electron chi connectivity index (χ3n) is 4.94. The number of hydrogen-bond donors (Lipinski definition) is 2. The van der Waals surface area contributed by atoms with Gasteiger partial charge in [0.2, 0.25) is 6.41 Å². The number of benzene rings is 1. The largest absolute Gasteiger partial charge is 0.497 e. The zero-order chi connectivity index (χ0) is 28.5. The Balaban J connectivity index is 0.000000361. The molecule has 1 unspecified atom stereocenters. The molecule has 1 aliphatic rings. The summed E-state index contributed by atoms with van der Waals surface area (Å²) >= 11 is 1.41. The number of anilines is 1. The van der Waals surface area contributed by atoms with Crippen molar-refractivity contribution in [3.8, 4) is 10.6 Å². The van der Waals surface area contributed by atoms with Crippen molar-refractivity contribution >= 4 is 39.6 Å². The smallest absolute Gasteiger partial charge is 0.335 e. The number of carboxylic acids is 1. The van der Waals surface area contributed by atoms with Gasteiger partial charge in [-0.2, -0.15) is 0 Å². The summed E-state index contributed by atoms with van der Waals surface area (Å²) in [5, 5.41) is 12.3. The SMILES string of the molecule is CC.COC.COC1=CC(OC)CCC(C)=C1.O=CNc1cc(C(=O)O)cc(-c2nc3ccncc3s2)c1. The van der Waals surface area contributed by atoms with Gasteiger partial charge in [0.1, 0.15) is 10.8 Å². The average Bonchev–Trinajstić information content (AvgIpc) is 3.27. The summed E-state index contributed by atoms with van der Waals surface area (Å²) in [4.78, 5) is 30.2. The number of aromatic nitrogens is 2. The van der Waals surface area contributed by atoms with Gasteiger partial charge in [-0.1, -0.05) is 19.4 Å². The average molecular weight is 544 g/mol. The predicted molar refractivity (Wildman–Crippen MR) is 153 cm³/mol. The van der Waals surface area contributed by atoms with E-state index in [-0.39, 0.29) is 11.7 Å². The molecule has 0 fully saturated rings. The summed E-state index contributed by atoms with van der Waals surface area (Å²) in [6.45, 7) is 6.12. The number of rotatable bonds is 6. The zero-order valence-corrected chi connectivity index (χ0v) is 23.8. The van der Waals surface area contributed by atoms with E-state index < -0.39 is 5.97 Å². The molecule has 3 aromatic rings. The van der Waals surface area contributed by atoms with Crippen LogP contribution in [-0.2, 0) is 19.0 Å². The lowest BCUT2D eigenvalue weighted by Crippen LogP contribution is -2.06. The van der Waals surface area contributed by atoms with Crippen molar-refractivity contribution in [2.24, 2.45) is 0 Å². The first-order valence-electron chi connectivity index (χ1n) is 12.0. The molecule has 1 aliphatic carbocycles. The third kappa shape index (κ3) is 10.4. The highest BCUT2D eigenvalue weighted by molar-refractivity contribution is 7.21. The predicted octanol–water partition coefficient (Wildman–Crippen LogP) is 6.19. The van der Waals surface area contributed by atoms with Crippen LogP contribution in [0.2, 0.25) is 0 Å². The van der Waals surface area contributed by atoms with E-state index >= 15 is 0 Å². The molecule has 1 amide bonds. The molecule has 0 radical (unpaired) electrons. The number of aromatic carboxylic acids is 1. The van der Waals surface area contributed by atoms with Gasteiger partial charge in [-0.15, -0.1) is 11.3 Å². The minimum Gasteiger partial charge on any atom is -0.497 e. The topological polar surface area (TPSA) is 120 Å². The Kier molecular flexibility index (Phi) is 15.2. The van der Waals surface area contributed by atoms with E-state index in [0.717, 1.165) is 28.8 Å². The first kappa shape index (κ1) is 32.4. The molecule has 2 heterocycles. The van der Waals surface area contributed by atoms with Gasteiger partial charge in [0, 0.05) is 45.0 Å². The number of hydrogen-bond acceptors (Lipinski definition) is 8. The molecule has 9 nitrogen and oxygen atoms in total. The molecule has 38 heavy (non-hydrogen) atoms. The lowest BCUT2D eigenvalue weighted by Gasteiger charge is -2.08. The molecular formula is C28H37N3O6S. The number of thiazole rings is 1. The fraction of sp³-hybridized carbons (Fsp3) is 0.357. The quantitative estimate of drug-likeness (QED) is 0.353. The number of carboxylic acid groups (broad SMARTS) is 1. The van der Waals surface area contributed by atoms with Crippen molar-refractivity contribution in [2.75, 3.05) is 33.8 Å². The Bertz CT molecular complexity index is 1190. The molecule has 2 N–H and O–H groups in total. The van der Waals surface area contributed by atoms with Gasteiger partial charge in [0.15, 0.2) is 0 Å². The molecule has 2 aromatic heterocycles. The lowest BCUT2D eigenvalue weighted by atomic mass is 10.1. The molecule has 0 spiro atoms. The number of fused-ring (bicyclic) bond motifs is 1. The minimum absolute atomic E-state index is 0.0919. The molecule has 206 valence electrons. The molecule has 0 saturated heterocycles. The molecular weight excluding hydrogens is 506 g/mol.